The smallest absolute Gasteiger partial charge is 0.339 e. The zero-order valence-electron chi connectivity index (χ0n) is 64.5. The van der Waals surface area contributed by atoms with E-state index in [1.54, 1.807) is 97.9 Å². The van der Waals surface area contributed by atoms with Gasteiger partial charge in [0.1, 0.15) is 61.4 Å². The minimum absolute atomic E-state index is 0. The number of aromatic hydroxyl groups is 4. The molecule has 2 aliphatic carbocycles. The Morgan fingerprint density at radius 3 is 1.83 bits per heavy atom. The number of nitrogens with zero attached hydrogens (tertiary/aromatic N) is 5. The Kier molecular flexibility index (Phi) is 25.1. The van der Waals surface area contributed by atoms with E-state index in [9.17, 15) is 103 Å². The molecule has 0 spiro atoms. The number of azo groups is 1. The van der Waals surface area contributed by atoms with E-state index in [1.165, 1.54) is 24.3 Å². The number of aromatic carboxylic acids is 2. The van der Waals surface area contributed by atoms with Crippen LogP contribution in [-0.4, -0.2) is 171 Å². The number of aliphatic hydroxyl groups excluding tert-OH is 1. The number of carboxylic acids is 2. The predicted octanol–water partition coefficient (Wildman–Crippen LogP) is 8.56. The highest BCUT2D eigenvalue weighted by Crippen LogP contribution is 2.60. The maximum absolute atomic E-state index is 13.7. The number of rotatable bonds is 16. The molecule has 1 saturated heterocycles. The summed E-state index contributed by atoms with van der Waals surface area (Å²) in [4.78, 5) is 98.3. The lowest BCUT2D eigenvalue weighted by Gasteiger charge is -2.62. The van der Waals surface area contributed by atoms with Gasteiger partial charge < -0.3 is 104 Å². The van der Waals surface area contributed by atoms with Crippen LogP contribution in [0.2, 0.25) is 0 Å². The van der Waals surface area contributed by atoms with Crippen LogP contribution in [0.3, 0.4) is 0 Å². The summed E-state index contributed by atoms with van der Waals surface area (Å²) in [6.45, 7) is 13.2. The fourth-order valence-corrected chi connectivity index (χ4v) is 14.7. The van der Waals surface area contributed by atoms with Crippen molar-refractivity contribution in [1.82, 2.24) is 4.90 Å². The summed E-state index contributed by atoms with van der Waals surface area (Å²) in [5.41, 5.74) is 20.0. The number of nitrogens with two attached hydrogens (primary N) is 5. The Bertz CT molecular complexity index is 5840. The minimum Gasteiger partial charge on any atom is -0.870 e. The summed E-state index contributed by atoms with van der Waals surface area (Å²) >= 11 is 0. The number of carbonyl (C=O) groups is 7. The SMILES string of the molecule is CCN(CC)CCCc1cccc2c1C(=O)c1c(N)ccc(N)c1C2=O.Cc1c(C(=O)O)c(O)cc2c1C(=O)c1c(O)c([C@@]3(C)OC(CO)[C@@](C)(O)[C@@](C)(O)C3(C)O)c(O)c(O)c1C2=O.Cc1ccc(N=Nc2c([O-])c(C(=O)O)cc3ccccc23)c(S(=O)(=O)[O-])c1.NC1=NC(=Nc2ccc(N)cc2)C(Nc2ccc(N)cc2)=CC1=O.[CH3+]. The van der Waals surface area contributed by atoms with E-state index in [4.69, 9.17) is 33.4 Å². The van der Waals surface area contributed by atoms with E-state index >= 15 is 0 Å². The maximum Gasteiger partial charge on any atom is 0.339 e. The van der Waals surface area contributed by atoms with E-state index in [2.05, 4.69) is 44.3 Å². The second-order valence-electron chi connectivity index (χ2n) is 28.1. The number of anilines is 5. The number of ether oxygens (including phenoxy) is 1. The third-order valence-corrected chi connectivity index (χ3v) is 21.8. The quantitative estimate of drug-likeness (QED) is 0.0107. The monoisotopic (exact) mass is 1620 g/mol. The van der Waals surface area contributed by atoms with E-state index < -0.39 is 141 Å². The first-order chi connectivity index (χ1) is 54.4. The van der Waals surface area contributed by atoms with Crippen molar-refractivity contribution in [3.8, 4) is 28.7 Å². The summed E-state index contributed by atoms with van der Waals surface area (Å²) in [7, 11) is -4.81. The van der Waals surface area contributed by atoms with Gasteiger partial charge in [-0.15, -0.1) is 5.11 Å². The first-order valence-electron chi connectivity index (χ1n) is 35.6. The van der Waals surface area contributed by atoms with E-state index in [0.717, 1.165) is 90.5 Å². The average molecular weight is 1620 g/mol. The van der Waals surface area contributed by atoms with Crippen molar-refractivity contribution >= 4 is 119 Å². The van der Waals surface area contributed by atoms with Crippen molar-refractivity contribution in [1.29, 1.82) is 0 Å². The summed E-state index contributed by atoms with van der Waals surface area (Å²) in [5, 5.41) is 130. The lowest BCUT2D eigenvalue weighted by atomic mass is 9.59. The highest BCUT2D eigenvalue weighted by Gasteiger charge is 2.71. The first kappa shape index (κ1) is 87.5. The van der Waals surface area contributed by atoms with Gasteiger partial charge in [0.15, 0.2) is 46.3 Å². The lowest BCUT2D eigenvalue weighted by molar-refractivity contribution is -0.378. The molecular formula is C83H84N11O22S-. The molecule has 0 aromatic heterocycles. The van der Waals surface area contributed by atoms with Gasteiger partial charge >= 0.3 is 11.9 Å². The number of hydrogen-bond acceptors (Lipinski definition) is 30. The van der Waals surface area contributed by atoms with Crippen LogP contribution in [0, 0.1) is 21.3 Å². The number of nitrogens with one attached hydrogen (secondary N) is 1. The summed E-state index contributed by atoms with van der Waals surface area (Å²) < 4.78 is 40.1. The van der Waals surface area contributed by atoms with Gasteiger partial charge in [-0.3, -0.25) is 24.0 Å². The molecule has 2 aliphatic heterocycles. The number of benzene rings is 9. The molecule has 2 heterocycles. The normalized spacial score (nSPS) is 19.6. The number of carboxylic acid groups (broad SMARTS) is 2. The predicted molar refractivity (Wildman–Crippen MR) is 431 cm³/mol. The molecule has 9 aromatic rings. The highest BCUT2D eigenvalue weighted by atomic mass is 32.2. The highest BCUT2D eigenvalue weighted by molar-refractivity contribution is 7.86. The van der Waals surface area contributed by atoms with Crippen molar-refractivity contribution in [2.45, 2.75) is 102 Å². The third-order valence-electron chi connectivity index (χ3n) is 21.0. The van der Waals surface area contributed by atoms with Crippen LogP contribution in [0.1, 0.15) is 155 Å². The molecule has 2 unspecified atom stereocenters. The van der Waals surface area contributed by atoms with E-state index in [1.807, 2.05) is 12.1 Å². The molecule has 34 heteroatoms. The number of aryl methyl sites for hydroxylation is 2. The van der Waals surface area contributed by atoms with Crippen molar-refractivity contribution in [2.24, 2.45) is 25.9 Å². The van der Waals surface area contributed by atoms with Crippen LogP contribution in [0.25, 0.3) is 10.8 Å². The van der Waals surface area contributed by atoms with Gasteiger partial charge in [0, 0.05) is 69.6 Å². The summed E-state index contributed by atoms with van der Waals surface area (Å²) in [6.07, 6.45) is 1.40. The van der Waals surface area contributed by atoms with Crippen molar-refractivity contribution in [2.75, 3.05) is 54.5 Å². The number of carbonyl (C=O) groups excluding carboxylic acids is 5. The second-order valence-corrected chi connectivity index (χ2v) is 29.5. The maximum atomic E-state index is 13.7. The summed E-state index contributed by atoms with van der Waals surface area (Å²) in [6, 6.07) is 35.1. The van der Waals surface area contributed by atoms with Gasteiger partial charge in [0.25, 0.3) is 0 Å². The topological polar surface area (TPSA) is 606 Å². The molecule has 0 saturated carbocycles. The van der Waals surface area contributed by atoms with E-state index in [-0.39, 0.29) is 58.7 Å². The molecular weight excluding hydrogens is 1540 g/mol. The first-order valence-corrected chi connectivity index (χ1v) is 37.0. The van der Waals surface area contributed by atoms with Crippen LogP contribution in [0.4, 0.5) is 45.5 Å². The van der Waals surface area contributed by atoms with Gasteiger partial charge in [0.2, 0.25) is 5.78 Å². The number of dihydropyridines is 1. The van der Waals surface area contributed by atoms with Crippen molar-refractivity contribution < 1.29 is 107 Å². The number of aliphatic hydroxyl groups is 4. The Hall–Kier alpha value is -13.5. The Morgan fingerprint density at radius 1 is 0.658 bits per heavy atom. The molecule has 21 N–H and O–H groups in total. The van der Waals surface area contributed by atoms with Crippen LogP contribution in [-0.2, 0) is 31.7 Å². The van der Waals surface area contributed by atoms with Crippen molar-refractivity contribution in [3.05, 3.63) is 231 Å². The lowest BCUT2D eigenvalue weighted by Crippen LogP contribution is -2.79. The van der Waals surface area contributed by atoms with E-state index in [0.29, 0.717) is 67.4 Å². The number of phenolic OH excluding ortho intramolecular Hbond substituents is 3. The number of aliphatic imine (C=N–C) groups is 2. The number of fused-ring (bicyclic) bond motifs is 5. The number of amidine groups is 2. The average Bonchev–Trinajstić information content (AvgIpc) is 0.680. The number of hydrogen-bond donors (Lipinski definition) is 16. The molecule has 5 atom stereocenters. The Labute approximate surface area is 669 Å². The molecule has 0 bridgehead atoms. The molecule has 610 valence electrons. The van der Waals surface area contributed by atoms with Gasteiger partial charge in [-0.2, -0.15) is 5.11 Å². The van der Waals surface area contributed by atoms with Crippen LogP contribution in [0.5, 0.6) is 28.7 Å². The molecule has 33 nitrogen and oxygen atoms in total. The molecule has 4 aliphatic rings. The standard InChI is InChI=1S/C26H28O13.C21H25N3O2.C18H14N2O6S.C17H16N6O.CH3/c1-8-12-9(6-10(28)13(8)22(34)35)17(29)14-15(18(12)30)19(31)16(21(33)20(14)32)24(3)26(5,38)25(4,37)23(2,36)11(7-27)39-24;1-3-24(4-2)12-6-8-13-7-5-9-14-17(13)21(26)19-16(23)11-10-15(22)18(19)20(14)25;1-10-6-7-14(15(8-10)27(24,25)26)19-20-16-12-5-3-2-4-11(12)9-13(17(16)21)18(22)23;18-10-1-5-12(6-2-10)21-14-9-15(24)16(20)23-17(14)22-13-7-3-11(19)4-8-13;/h6,11,27-28,31-33,36-38H,7H2,1-5H3,(H,34,35);5,7,9-11H,3-4,6,8,12,22-23H2,1-2H3;2-9,21H,1H3,(H,22,23)(H,24,25,26);1-9,21H,18-19H2,(H2,20,22,23);1H3/q;;;;+1/p-2/t11?,23-,24-,25-,26?;;;;/m1..../s1. The Morgan fingerprint density at radius 2 is 1.24 bits per heavy atom. The molecule has 1 fully saturated rings. The molecule has 13 rings (SSSR count). The fourth-order valence-electron chi connectivity index (χ4n) is 14.0. The second kappa shape index (κ2) is 33.5. The van der Waals surface area contributed by atoms with Crippen LogP contribution in [0.15, 0.2) is 170 Å². The third kappa shape index (κ3) is 16.3. The molecule has 117 heavy (non-hydrogen) atoms. The van der Waals surface area contributed by atoms with Gasteiger partial charge in [0.05, 0.1) is 62.0 Å². The van der Waals surface area contributed by atoms with Gasteiger partial charge in [-0.25, -0.2) is 28.0 Å². The number of ketones is 5. The molecule has 0 radical (unpaired) electrons. The summed E-state index contributed by atoms with van der Waals surface area (Å²) in [5.74, 6) is -11.2. The van der Waals surface area contributed by atoms with Gasteiger partial charge in [-0.1, -0.05) is 68.1 Å². The molecule has 0 amide bonds. The largest absolute Gasteiger partial charge is 0.870 e. The van der Waals surface area contributed by atoms with Gasteiger partial charge in [-0.05, 0) is 181 Å². The van der Waals surface area contributed by atoms with Crippen LogP contribution >= 0.6 is 0 Å². The fraction of sp³-hybridized carbons (Fsp3) is 0.229. The number of nitrogen functional groups attached to an aromatic ring is 4. The van der Waals surface area contributed by atoms with Crippen molar-refractivity contribution in [3.63, 3.8) is 0 Å². The molecule has 9 aromatic carbocycles. The zero-order valence-corrected chi connectivity index (χ0v) is 65.3. The zero-order chi connectivity index (χ0) is 85.5. The minimum atomic E-state index is -4.81. The Balaban J connectivity index is 0.000000181. The van der Waals surface area contributed by atoms with Crippen LogP contribution < -0.4 is 39.1 Å². The number of phenols is 4.